The van der Waals surface area contributed by atoms with Crippen LogP contribution in [0.2, 0.25) is 0 Å². The summed E-state index contributed by atoms with van der Waals surface area (Å²) in [7, 11) is -1.04. The molecule has 130 valence electrons. The predicted molar refractivity (Wildman–Crippen MR) is 97.6 cm³/mol. The minimum absolute atomic E-state index is 0.179. The SMILES string of the molecule is C[S@](=O)[C@@H]1CCCC[C@]1(O)CSc1nc2c(cc1C#N)CCCC2. The molecular formula is C18H24N2O2S2. The second-order valence-corrected chi connectivity index (χ2v) is 9.42. The molecule has 1 heterocycles. The third-order valence-corrected chi connectivity index (χ3v) is 7.88. The van der Waals surface area contributed by atoms with Crippen LogP contribution < -0.4 is 0 Å². The first-order valence-corrected chi connectivity index (χ1v) is 11.2. The maximum atomic E-state index is 12.0. The molecular weight excluding hydrogens is 340 g/mol. The summed E-state index contributed by atoms with van der Waals surface area (Å²) in [4.78, 5) is 4.72. The van der Waals surface area contributed by atoms with Crippen LogP contribution in [0.3, 0.4) is 0 Å². The van der Waals surface area contributed by atoms with Crippen molar-refractivity contribution in [3.63, 3.8) is 0 Å². The van der Waals surface area contributed by atoms with Gasteiger partial charge in [-0.05, 0) is 50.2 Å². The van der Waals surface area contributed by atoms with E-state index in [0.717, 1.165) is 55.7 Å². The highest BCUT2D eigenvalue weighted by Gasteiger charge is 2.41. The van der Waals surface area contributed by atoms with E-state index in [0.29, 0.717) is 17.7 Å². The Morgan fingerprint density at radius 1 is 1.42 bits per heavy atom. The molecule has 0 unspecified atom stereocenters. The predicted octanol–water partition coefficient (Wildman–Crippen LogP) is 2.98. The third-order valence-electron chi connectivity index (χ3n) is 5.17. The molecule has 0 radical (unpaired) electrons. The van der Waals surface area contributed by atoms with E-state index in [1.165, 1.54) is 17.3 Å². The van der Waals surface area contributed by atoms with Crippen LogP contribution in [0.5, 0.6) is 0 Å². The summed E-state index contributed by atoms with van der Waals surface area (Å²) in [5.74, 6) is 0.456. The van der Waals surface area contributed by atoms with Crippen molar-refractivity contribution < 1.29 is 9.32 Å². The van der Waals surface area contributed by atoms with Gasteiger partial charge in [0, 0.05) is 28.5 Å². The van der Waals surface area contributed by atoms with Gasteiger partial charge in [-0.15, -0.1) is 11.8 Å². The zero-order valence-electron chi connectivity index (χ0n) is 14.1. The van der Waals surface area contributed by atoms with Crippen molar-refractivity contribution in [3.8, 4) is 6.07 Å². The van der Waals surface area contributed by atoms with Crippen molar-refractivity contribution in [1.29, 1.82) is 5.26 Å². The largest absolute Gasteiger partial charge is 0.388 e. The summed E-state index contributed by atoms with van der Waals surface area (Å²) in [6.07, 6.45) is 9.45. The van der Waals surface area contributed by atoms with Gasteiger partial charge in [0.2, 0.25) is 0 Å². The van der Waals surface area contributed by atoms with E-state index < -0.39 is 16.4 Å². The van der Waals surface area contributed by atoms with Gasteiger partial charge in [0.15, 0.2) is 0 Å². The summed E-state index contributed by atoms with van der Waals surface area (Å²) >= 11 is 1.45. The average Bonchev–Trinajstić information content (AvgIpc) is 2.59. The molecule has 4 nitrogen and oxygen atoms in total. The lowest BCUT2D eigenvalue weighted by Gasteiger charge is -2.38. The molecule has 0 amide bonds. The van der Waals surface area contributed by atoms with E-state index >= 15 is 0 Å². The number of nitriles is 1. The van der Waals surface area contributed by atoms with Gasteiger partial charge >= 0.3 is 0 Å². The quantitative estimate of drug-likeness (QED) is 0.832. The van der Waals surface area contributed by atoms with Gasteiger partial charge in [-0.3, -0.25) is 4.21 Å². The van der Waals surface area contributed by atoms with Crippen LogP contribution in [0, 0.1) is 11.3 Å². The molecule has 0 saturated heterocycles. The van der Waals surface area contributed by atoms with Gasteiger partial charge in [0.25, 0.3) is 0 Å². The monoisotopic (exact) mass is 364 g/mol. The number of fused-ring (bicyclic) bond motifs is 1. The molecule has 3 atom stereocenters. The highest BCUT2D eigenvalue weighted by atomic mass is 32.2. The summed E-state index contributed by atoms with van der Waals surface area (Å²) in [6.45, 7) is 0. The number of hydrogen-bond acceptors (Lipinski definition) is 5. The number of aryl methyl sites for hydroxylation is 2. The molecule has 24 heavy (non-hydrogen) atoms. The molecule has 1 aromatic heterocycles. The van der Waals surface area contributed by atoms with E-state index in [2.05, 4.69) is 6.07 Å². The number of aliphatic hydroxyl groups is 1. The normalized spacial score (nSPS) is 28.0. The highest BCUT2D eigenvalue weighted by molar-refractivity contribution is 7.99. The first-order valence-electron chi connectivity index (χ1n) is 8.64. The van der Waals surface area contributed by atoms with Crippen molar-refractivity contribution in [2.24, 2.45) is 0 Å². The van der Waals surface area contributed by atoms with Gasteiger partial charge in [-0.2, -0.15) is 5.26 Å². The molecule has 2 aliphatic carbocycles. The molecule has 0 aliphatic heterocycles. The van der Waals surface area contributed by atoms with Crippen molar-refractivity contribution >= 4 is 22.6 Å². The van der Waals surface area contributed by atoms with Crippen molar-refractivity contribution in [2.45, 2.75) is 67.2 Å². The van der Waals surface area contributed by atoms with Gasteiger partial charge in [0.1, 0.15) is 11.1 Å². The first kappa shape index (κ1) is 17.9. The lowest BCUT2D eigenvalue weighted by atomic mass is 9.86. The molecule has 0 bridgehead atoms. The van der Waals surface area contributed by atoms with E-state index in [9.17, 15) is 14.6 Å². The minimum Gasteiger partial charge on any atom is -0.388 e. The smallest absolute Gasteiger partial charge is 0.114 e. The fraction of sp³-hybridized carbons (Fsp3) is 0.667. The number of pyridine rings is 1. The molecule has 1 fully saturated rings. The molecule has 1 N–H and O–H groups in total. The molecule has 0 aromatic carbocycles. The topological polar surface area (TPSA) is 74.0 Å². The van der Waals surface area contributed by atoms with Crippen LogP contribution >= 0.6 is 11.8 Å². The number of aromatic nitrogens is 1. The highest BCUT2D eigenvalue weighted by Crippen LogP contribution is 2.37. The average molecular weight is 365 g/mol. The molecule has 1 saturated carbocycles. The van der Waals surface area contributed by atoms with E-state index in [1.54, 1.807) is 6.26 Å². The van der Waals surface area contributed by atoms with Crippen molar-refractivity contribution in [1.82, 2.24) is 4.98 Å². The maximum absolute atomic E-state index is 12.0. The van der Waals surface area contributed by atoms with Crippen LogP contribution in [0.15, 0.2) is 11.1 Å². The van der Waals surface area contributed by atoms with Crippen LogP contribution in [-0.2, 0) is 23.6 Å². The standard InChI is InChI=1S/C18H24N2O2S2/c1-24(22)16-8-4-5-9-18(16,21)12-23-17-14(11-19)10-13-6-2-3-7-15(13)20-17/h10,16,21H,2-9,12H2,1H3/t16-,18+,24+/m1/s1. The Morgan fingerprint density at radius 2 is 2.21 bits per heavy atom. The summed E-state index contributed by atoms with van der Waals surface area (Å²) in [5, 5.41) is 21.0. The lowest BCUT2D eigenvalue weighted by Crippen LogP contribution is -2.49. The van der Waals surface area contributed by atoms with Crippen LogP contribution in [-0.4, -0.2) is 37.2 Å². The Bertz CT molecular complexity index is 686. The van der Waals surface area contributed by atoms with Crippen LogP contribution in [0.1, 0.15) is 55.3 Å². The fourth-order valence-corrected chi connectivity index (χ4v) is 6.42. The zero-order chi connectivity index (χ0) is 17.2. The zero-order valence-corrected chi connectivity index (χ0v) is 15.7. The molecule has 3 rings (SSSR count). The Hall–Kier alpha value is -0.900. The Kier molecular flexibility index (Phi) is 5.63. The Morgan fingerprint density at radius 3 is 2.96 bits per heavy atom. The summed E-state index contributed by atoms with van der Waals surface area (Å²) in [6, 6.07) is 4.23. The van der Waals surface area contributed by atoms with Crippen LogP contribution in [0.25, 0.3) is 0 Å². The van der Waals surface area contributed by atoms with E-state index in [4.69, 9.17) is 4.98 Å². The number of nitrogens with zero attached hydrogens (tertiary/aromatic N) is 2. The van der Waals surface area contributed by atoms with Crippen molar-refractivity contribution in [3.05, 3.63) is 22.9 Å². The third kappa shape index (κ3) is 3.68. The van der Waals surface area contributed by atoms with E-state index in [-0.39, 0.29) is 5.25 Å². The van der Waals surface area contributed by atoms with E-state index in [1.807, 2.05) is 6.07 Å². The van der Waals surface area contributed by atoms with Gasteiger partial charge in [-0.1, -0.05) is 12.8 Å². The number of hydrogen-bond donors (Lipinski definition) is 1. The van der Waals surface area contributed by atoms with Crippen LogP contribution in [0.4, 0.5) is 0 Å². The Labute approximate surface area is 150 Å². The molecule has 1 aromatic rings. The lowest BCUT2D eigenvalue weighted by molar-refractivity contribution is 0.0326. The van der Waals surface area contributed by atoms with Gasteiger partial charge in [0.05, 0.1) is 16.4 Å². The number of thioether (sulfide) groups is 1. The summed E-state index contributed by atoms with van der Waals surface area (Å²) in [5.41, 5.74) is 1.99. The first-order chi connectivity index (χ1) is 11.5. The van der Waals surface area contributed by atoms with Gasteiger partial charge < -0.3 is 5.11 Å². The maximum Gasteiger partial charge on any atom is 0.114 e. The minimum atomic E-state index is -1.04. The molecule has 6 heteroatoms. The number of rotatable bonds is 4. The second kappa shape index (κ2) is 7.55. The molecule has 2 aliphatic rings. The fourth-order valence-electron chi connectivity index (χ4n) is 3.83. The van der Waals surface area contributed by atoms with Gasteiger partial charge in [-0.25, -0.2) is 4.98 Å². The Balaban J connectivity index is 1.80. The molecule has 0 spiro atoms. The van der Waals surface area contributed by atoms with Crippen molar-refractivity contribution in [2.75, 3.05) is 12.0 Å². The second-order valence-electron chi connectivity index (χ2n) is 6.89. The summed E-state index contributed by atoms with van der Waals surface area (Å²) < 4.78 is 12.0.